The van der Waals surface area contributed by atoms with E-state index in [1.165, 1.54) is 18.2 Å². The summed E-state index contributed by atoms with van der Waals surface area (Å²) in [6.07, 6.45) is 0.802. The molecule has 0 atom stereocenters. The zero-order valence-electron chi connectivity index (χ0n) is 12.7. The highest BCUT2D eigenvalue weighted by Crippen LogP contribution is 2.24. The first-order valence-corrected chi connectivity index (χ1v) is 8.54. The molecule has 0 radical (unpaired) electrons. The van der Waals surface area contributed by atoms with Crippen LogP contribution < -0.4 is 10.0 Å². The van der Waals surface area contributed by atoms with Gasteiger partial charge >= 0.3 is 0 Å². The molecule has 7 heteroatoms. The number of hydrogen-bond acceptors (Lipinski definition) is 3. The number of amides is 1. The lowest BCUT2D eigenvalue weighted by molar-refractivity contribution is 0.0953. The Hall–Kier alpha value is -1.11. The first kappa shape index (κ1) is 17.9. The van der Waals surface area contributed by atoms with Gasteiger partial charge < -0.3 is 5.32 Å². The van der Waals surface area contributed by atoms with Gasteiger partial charge in [-0.3, -0.25) is 4.79 Å². The van der Waals surface area contributed by atoms with Crippen LogP contribution in [-0.2, 0) is 10.0 Å². The number of carbonyl (C=O) groups is 1. The normalized spacial score (nSPS) is 12.2. The molecule has 0 unspecified atom stereocenters. The van der Waals surface area contributed by atoms with E-state index in [0.717, 1.165) is 6.42 Å². The third kappa shape index (κ3) is 5.30. The molecule has 0 aliphatic rings. The SMILES string of the molecule is CCCNC(=O)c1ccc(Cl)c(S(=O)(=O)NC(C)(C)C)c1. The van der Waals surface area contributed by atoms with Crippen LogP contribution in [0.25, 0.3) is 0 Å². The molecule has 1 aromatic rings. The molecule has 0 spiro atoms. The first-order chi connectivity index (χ1) is 9.57. The van der Waals surface area contributed by atoms with E-state index in [4.69, 9.17) is 11.6 Å². The topological polar surface area (TPSA) is 75.3 Å². The monoisotopic (exact) mass is 332 g/mol. The van der Waals surface area contributed by atoms with E-state index < -0.39 is 15.6 Å². The van der Waals surface area contributed by atoms with Gasteiger partial charge in [0.05, 0.1) is 5.02 Å². The van der Waals surface area contributed by atoms with Crippen LogP contribution in [0.4, 0.5) is 0 Å². The van der Waals surface area contributed by atoms with E-state index in [2.05, 4.69) is 10.0 Å². The van der Waals surface area contributed by atoms with Gasteiger partial charge in [-0.05, 0) is 45.4 Å². The molecule has 1 amide bonds. The highest BCUT2D eigenvalue weighted by atomic mass is 35.5. The second kappa shape index (κ2) is 6.77. The number of carbonyl (C=O) groups excluding carboxylic acids is 1. The molecule has 21 heavy (non-hydrogen) atoms. The van der Waals surface area contributed by atoms with Crippen LogP contribution in [0.5, 0.6) is 0 Å². The van der Waals surface area contributed by atoms with Crippen molar-refractivity contribution < 1.29 is 13.2 Å². The smallest absolute Gasteiger partial charge is 0.251 e. The summed E-state index contributed by atoms with van der Waals surface area (Å²) in [6.45, 7) is 7.66. The van der Waals surface area contributed by atoms with E-state index in [-0.39, 0.29) is 21.4 Å². The van der Waals surface area contributed by atoms with E-state index in [0.29, 0.717) is 6.54 Å². The van der Waals surface area contributed by atoms with Gasteiger partial charge in [-0.1, -0.05) is 18.5 Å². The zero-order valence-corrected chi connectivity index (χ0v) is 14.2. The van der Waals surface area contributed by atoms with Gasteiger partial charge in [0, 0.05) is 17.6 Å². The molecule has 0 bridgehead atoms. The lowest BCUT2D eigenvalue weighted by Crippen LogP contribution is -2.40. The van der Waals surface area contributed by atoms with Crippen LogP contribution >= 0.6 is 11.6 Å². The Bertz CT molecular complexity index is 622. The summed E-state index contributed by atoms with van der Waals surface area (Å²) in [4.78, 5) is 11.8. The van der Waals surface area contributed by atoms with Crippen molar-refractivity contribution in [2.45, 2.75) is 44.6 Å². The lowest BCUT2D eigenvalue weighted by Gasteiger charge is -2.21. The van der Waals surface area contributed by atoms with Crippen molar-refractivity contribution in [3.63, 3.8) is 0 Å². The quantitative estimate of drug-likeness (QED) is 0.870. The van der Waals surface area contributed by atoms with Crippen molar-refractivity contribution in [1.29, 1.82) is 0 Å². The fraction of sp³-hybridized carbons (Fsp3) is 0.500. The summed E-state index contributed by atoms with van der Waals surface area (Å²) in [5, 5.41) is 2.78. The van der Waals surface area contributed by atoms with Crippen molar-refractivity contribution >= 4 is 27.5 Å². The Labute approximate surface area is 131 Å². The molecule has 0 heterocycles. The van der Waals surface area contributed by atoms with Crippen LogP contribution in [0.1, 0.15) is 44.5 Å². The minimum Gasteiger partial charge on any atom is -0.352 e. The molecule has 0 fully saturated rings. The fourth-order valence-corrected chi connectivity index (χ4v) is 3.59. The Morgan fingerprint density at radius 2 is 1.90 bits per heavy atom. The van der Waals surface area contributed by atoms with Crippen LogP contribution in [-0.4, -0.2) is 26.4 Å². The second-order valence-electron chi connectivity index (χ2n) is 5.76. The number of halogens is 1. The molecule has 1 aromatic carbocycles. The summed E-state index contributed by atoms with van der Waals surface area (Å²) in [5.74, 6) is -0.319. The third-order valence-corrected chi connectivity index (χ3v) is 4.70. The number of sulfonamides is 1. The van der Waals surface area contributed by atoms with Gasteiger partial charge in [0.15, 0.2) is 0 Å². The van der Waals surface area contributed by atoms with Crippen LogP contribution in [0.2, 0.25) is 5.02 Å². The summed E-state index contributed by atoms with van der Waals surface area (Å²) in [7, 11) is -3.79. The van der Waals surface area contributed by atoms with Gasteiger partial charge in [0.2, 0.25) is 10.0 Å². The van der Waals surface area contributed by atoms with Crippen molar-refractivity contribution in [3.8, 4) is 0 Å². The molecule has 118 valence electrons. The summed E-state index contributed by atoms with van der Waals surface area (Å²) < 4.78 is 27.2. The standard InChI is InChI=1S/C14H21ClN2O3S/c1-5-8-16-13(18)10-6-7-11(15)12(9-10)21(19,20)17-14(2,3)4/h6-7,9,17H,5,8H2,1-4H3,(H,16,18). The molecule has 0 aliphatic carbocycles. The Morgan fingerprint density at radius 1 is 1.29 bits per heavy atom. The molecule has 0 saturated heterocycles. The number of rotatable bonds is 5. The van der Waals surface area contributed by atoms with Crippen LogP contribution in [0.3, 0.4) is 0 Å². The van der Waals surface area contributed by atoms with E-state index in [9.17, 15) is 13.2 Å². The van der Waals surface area contributed by atoms with E-state index >= 15 is 0 Å². The zero-order chi connectivity index (χ0) is 16.3. The molecule has 0 saturated carbocycles. The predicted octanol–water partition coefficient (Wildman–Crippen LogP) is 2.56. The fourth-order valence-electron chi connectivity index (χ4n) is 1.65. The Kier molecular flexibility index (Phi) is 5.78. The molecular formula is C14H21ClN2O3S. The van der Waals surface area contributed by atoms with Crippen molar-refractivity contribution in [1.82, 2.24) is 10.0 Å². The van der Waals surface area contributed by atoms with E-state index in [1.807, 2.05) is 6.92 Å². The summed E-state index contributed by atoms with van der Waals surface area (Å²) in [6, 6.07) is 4.21. The van der Waals surface area contributed by atoms with Gasteiger partial charge in [0.25, 0.3) is 5.91 Å². The number of benzene rings is 1. The molecule has 5 nitrogen and oxygen atoms in total. The van der Waals surface area contributed by atoms with Crippen molar-refractivity contribution in [3.05, 3.63) is 28.8 Å². The van der Waals surface area contributed by atoms with Crippen molar-refractivity contribution in [2.24, 2.45) is 0 Å². The minimum absolute atomic E-state index is 0.0822. The molecular weight excluding hydrogens is 312 g/mol. The first-order valence-electron chi connectivity index (χ1n) is 6.68. The highest BCUT2D eigenvalue weighted by Gasteiger charge is 2.25. The lowest BCUT2D eigenvalue weighted by atomic mass is 10.1. The highest BCUT2D eigenvalue weighted by molar-refractivity contribution is 7.89. The van der Waals surface area contributed by atoms with Crippen LogP contribution in [0.15, 0.2) is 23.1 Å². The number of nitrogens with one attached hydrogen (secondary N) is 2. The maximum atomic E-state index is 12.3. The van der Waals surface area contributed by atoms with Gasteiger partial charge in [-0.2, -0.15) is 0 Å². The van der Waals surface area contributed by atoms with Gasteiger partial charge in [-0.15, -0.1) is 0 Å². The second-order valence-corrected chi connectivity index (χ2v) is 7.81. The molecule has 0 aliphatic heterocycles. The average Bonchev–Trinajstić information content (AvgIpc) is 2.33. The molecule has 2 N–H and O–H groups in total. The molecule has 1 rings (SSSR count). The number of hydrogen-bond donors (Lipinski definition) is 2. The summed E-state index contributed by atoms with van der Waals surface area (Å²) in [5.41, 5.74) is -0.370. The Balaban J connectivity index is 3.16. The summed E-state index contributed by atoms with van der Waals surface area (Å²) >= 11 is 5.97. The average molecular weight is 333 g/mol. The minimum atomic E-state index is -3.79. The molecule has 0 aromatic heterocycles. The van der Waals surface area contributed by atoms with E-state index in [1.54, 1.807) is 20.8 Å². The van der Waals surface area contributed by atoms with Crippen molar-refractivity contribution in [2.75, 3.05) is 6.54 Å². The van der Waals surface area contributed by atoms with Crippen LogP contribution in [0, 0.1) is 0 Å². The van der Waals surface area contributed by atoms with Gasteiger partial charge in [-0.25, -0.2) is 13.1 Å². The predicted molar refractivity (Wildman–Crippen MR) is 84.2 cm³/mol. The largest absolute Gasteiger partial charge is 0.352 e. The Morgan fingerprint density at radius 3 is 2.43 bits per heavy atom. The maximum absolute atomic E-state index is 12.3. The van der Waals surface area contributed by atoms with Gasteiger partial charge in [0.1, 0.15) is 4.90 Å². The third-order valence-electron chi connectivity index (χ3n) is 2.46. The maximum Gasteiger partial charge on any atom is 0.251 e.